The summed E-state index contributed by atoms with van der Waals surface area (Å²) in [5, 5.41) is 12.2. The number of nitriles is 1. The number of likely N-dealkylation sites (tertiary alicyclic amines) is 1. The Hall–Kier alpha value is -0.590. The van der Waals surface area contributed by atoms with Crippen LogP contribution >= 0.6 is 0 Å². The van der Waals surface area contributed by atoms with Crippen molar-refractivity contribution in [1.29, 1.82) is 5.26 Å². The molecule has 1 rings (SSSR count). The largest absolute Gasteiger partial charge is 0.313 e. The van der Waals surface area contributed by atoms with Gasteiger partial charge in [-0.3, -0.25) is 0 Å². The number of rotatable bonds is 5. The van der Waals surface area contributed by atoms with E-state index < -0.39 is 0 Å². The Labute approximate surface area is 99.8 Å². The summed E-state index contributed by atoms with van der Waals surface area (Å²) in [6.07, 6.45) is 2.59. The lowest BCUT2D eigenvalue weighted by Crippen LogP contribution is -2.42. The van der Waals surface area contributed by atoms with Crippen LogP contribution in [0.4, 0.5) is 0 Å². The van der Waals surface area contributed by atoms with Gasteiger partial charge in [0, 0.05) is 12.6 Å². The molecule has 1 aliphatic heterocycles. The highest BCUT2D eigenvalue weighted by molar-refractivity contribution is 4.84. The van der Waals surface area contributed by atoms with Crippen molar-refractivity contribution in [3.63, 3.8) is 0 Å². The Bertz CT molecular complexity index is 226. The zero-order valence-corrected chi connectivity index (χ0v) is 10.9. The smallest absolute Gasteiger partial charge is 0.0666 e. The van der Waals surface area contributed by atoms with Crippen molar-refractivity contribution in [1.82, 2.24) is 10.2 Å². The Morgan fingerprint density at radius 1 is 1.38 bits per heavy atom. The minimum atomic E-state index is 0.123. The fourth-order valence-electron chi connectivity index (χ4n) is 2.34. The van der Waals surface area contributed by atoms with E-state index in [4.69, 9.17) is 5.26 Å². The van der Waals surface area contributed by atoms with Crippen molar-refractivity contribution in [3.8, 4) is 6.07 Å². The molecule has 1 heterocycles. The summed E-state index contributed by atoms with van der Waals surface area (Å²) in [4.78, 5) is 2.52. The Balaban J connectivity index is 2.23. The summed E-state index contributed by atoms with van der Waals surface area (Å²) >= 11 is 0. The first kappa shape index (κ1) is 13.5. The van der Waals surface area contributed by atoms with E-state index in [2.05, 4.69) is 30.1 Å². The summed E-state index contributed by atoms with van der Waals surface area (Å²) in [5.41, 5.74) is 0. The molecule has 3 heteroatoms. The van der Waals surface area contributed by atoms with E-state index in [1.165, 1.54) is 32.5 Å². The van der Waals surface area contributed by atoms with Gasteiger partial charge in [0.25, 0.3) is 0 Å². The van der Waals surface area contributed by atoms with Crippen LogP contribution in [0, 0.1) is 23.2 Å². The number of nitrogens with one attached hydrogen (secondary N) is 1. The van der Waals surface area contributed by atoms with Gasteiger partial charge in [0.1, 0.15) is 0 Å². The van der Waals surface area contributed by atoms with Gasteiger partial charge < -0.3 is 10.2 Å². The maximum Gasteiger partial charge on any atom is 0.0666 e. The van der Waals surface area contributed by atoms with Crippen LogP contribution in [-0.4, -0.2) is 37.1 Å². The van der Waals surface area contributed by atoms with Crippen LogP contribution in [0.25, 0.3) is 0 Å². The van der Waals surface area contributed by atoms with E-state index in [-0.39, 0.29) is 5.92 Å². The molecule has 92 valence electrons. The van der Waals surface area contributed by atoms with E-state index in [0.29, 0.717) is 6.04 Å². The minimum absolute atomic E-state index is 0.123. The summed E-state index contributed by atoms with van der Waals surface area (Å²) in [7, 11) is 0. The standard InChI is InChI=1S/C13H25N3/c1-4-16-7-5-13(6-8-16)12(3)15-10-11(2)9-14/h11-13,15H,4-8,10H2,1-3H3. The maximum atomic E-state index is 8.73. The topological polar surface area (TPSA) is 39.1 Å². The maximum absolute atomic E-state index is 8.73. The van der Waals surface area contributed by atoms with Crippen LogP contribution in [0.2, 0.25) is 0 Å². The minimum Gasteiger partial charge on any atom is -0.313 e. The van der Waals surface area contributed by atoms with Crippen molar-refractivity contribution < 1.29 is 0 Å². The summed E-state index contributed by atoms with van der Waals surface area (Å²) in [6.45, 7) is 10.9. The fraction of sp³-hybridized carbons (Fsp3) is 0.923. The molecule has 1 N–H and O–H groups in total. The van der Waals surface area contributed by atoms with Crippen molar-refractivity contribution in [2.75, 3.05) is 26.2 Å². The fourth-order valence-corrected chi connectivity index (χ4v) is 2.34. The Kier molecular flexibility index (Phi) is 5.79. The van der Waals surface area contributed by atoms with Crippen LogP contribution in [0.5, 0.6) is 0 Å². The predicted octanol–water partition coefficient (Wildman–Crippen LogP) is 1.86. The molecule has 0 bridgehead atoms. The molecule has 0 saturated carbocycles. The van der Waals surface area contributed by atoms with Crippen molar-refractivity contribution in [2.45, 2.75) is 39.7 Å². The third-order valence-electron chi connectivity index (χ3n) is 3.75. The van der Waals surface area contributed by atoms with Gasteiger partial charge in [-0.25, -0.2) is 0 Å². The average Bonchev–Trinajstić information content (AvgIpc) is 2.35. The average molecular weight is 223 g/mol. The lowest BCUT2D eigenvalue weighted by molar-refractivity contribution is 0.168. The highest BCUT2D eigenvalue weighted by Gasteiger charge is 2.22. The third kappa shape index (κ3) is 4.11. The van der Waals surface area contributed by atoms with Gasteiger partial charge in [0.05, 0.1) is 12.0 Å². The zero-order chi connectivity index (χ0) is 12.0. The lowest BCUT2D eigenvalue weighted by Gasteiger charge is -2.34. The molecule has 0 aromatic rings. The molecule has 0 aromatic heterocycles. The van der Waals surface area contributed by atoms with Gasteiger partial charge in [0.15, 0.2) is 0 Å². The molecular weight excluding hydrogens is 198 g/mol. The van der Waals surface area contributed by atoms with Gasteiger partial charge in [0.2, 0.25) is 0 Å². The van der Waals surface area contributed by atoms with Gasteiger partial charge in [-0.05, 0) is 52.2 Å². The number of hydrogen-bond acceptors (Lipinski definition) is 3. The molecule has 1 saturated heterocycles. The second-order valence-electron chi connectivity index (χ2n) is 5.00. The van der Waals surface area contributed by atoms with Crippen molar-refractivity contribution >= 4 is 0 Å². The van der Waals surface area contributed by atoms with Crippen molar-refractivity contribution in [2.24, 2.45) is 11.8 Å². The summed E-state index contributed by atoms with van der Waals surface area (Å²) in [5.74, 6) is 0.909. The summed E-state index contributed by atoms with van der Waals surface area (Å²) in [6, 6.07) is 2.82. The van der Waals surface area contributed by atoms with Gasteiger partial charge in [-0.2, -0.15) is 5.26 Å². The Morgan fingerprint density at radius 3 is 2.50 bits per heavy atom. The van der Waals surface area contributed by atoms with E-state index in [1.54, 1.807) is 0 Å². The monoisotopic (exact) mass is 223 g/mol. The quantitative estimate of drug-likeness (QED) is 0.773. The molecule has 2 unspecified atom stereocenters. The molecule has 2 atom stereocenters. The van der Waals surface area contributed by atoms with Crippen molar-refractivity contribution in [3.05, 3.63) is 0 Å². The number of hydrogen-bond donors (Lipinski definition) is 1. The highest BCUT2D eigenvalue weighted by Crippen LogP contribution is 2.20. The molecule has 3 nitrogen and oxygen atoms in total. The molecule has 1 aliphatic rings. The normalized spacial score (nSPS) is 22.6. The number of nitrogens with zero attached hydrogens (tertiary/aromatic N) is 2. The summed E-state index contributed by atoms with van der Waals surface area (Å²) < 4.78 is 0. The molecule has 1 fully saturated rings. The third-order valence-corrected chi connectivity index (χ3v) is 3.75. The first-order valence-corrected chi connectivity index (χ1v) is 6.52. The predicted molar refractivity (Wildman–Crippen MR) is 67.1 cm³/mol. The highest BCUT2D eigenvalue weighted by atomic mass is 15.1. The second kappa shape index (κ2) is 6.88. The molecule has 0 radical (unpaired) electrons. The van der Waals surface area contributed by atoms with Crippen LogP contribution < -0.4 is 5.32 Å². The van der Waals surface area contributed by atoms with E-state index in [1.807, 2.05) is 6.92 Å². The van der Waals surface area contributed by atoms with E-state index >= 15 is 0 Å². The molecule has 16 heavy (non-hydrogen) atoms. The zero-order valence-electron chi connectivity index (χ0n) is 10.9. The number of piperidine rings is 1. The molecule has 0 spiro atoms. The molecular formula is C13H25N3. The van der Waals surface area contributed by atoms with Crippen LogP contribution in [0.1, 0.15) is 33.6 Å². The molecule has 0 amide bonds. The van der Waals surface area contributed by atoms with Gasteiger partial charge >= 0.3 is 0 Å². The van der Waals surface area contributed by atoms with E-state index in [9.17, 15) is 0 Å². The SMILES string of the molecule is CCN1CCC(C(C)NCC(C)C#N)CC1. The first-order valence-electron chi connectivity index (χ1n) is 6.52. The van der Waals surface area contributed by atoms with Crippen LogP contribution in [-0.2, 0) is 0 Å². The lowest BCUT2D eigenvalue weighted by atomic mass is 9.90. The van der Waals surface area contributed by atoms with Gasteiger partial charge in [-0.1, -0.05) is 6.92 Å². The molecule has 0 aliphatic carbocycles. The van der Waals surface area contributed by atoms with Gasteiger partial charge in [-0.15, -0.1) is 0 Å². The second-order valence-corrected chi connectivity index (χ2v) is 5.00. The van der Waals surface area contributed by atoms with Crippen LogP contribution in [0.3, 0.4) is 0 Å². The van der Waals surface area contributed by atoms with Crippen LogP contribution in [0.15, 0.2) is 0 Å². The van der Waals surface area contributed by atoms with E-state index in [0.717, 1.165) is 12.5 Å². The molecule has 0 aromatic carbocycles. The first-order chi connectivity index (χ1) is 7.67. The Morgan fingerprint density at radius 2 is 2.00 bits per heavy atom.